The van der Waals surface area contributed by atoms with Gasteiger partial charge in [0, 0.05) is 22.6 Å². The molecule has 0 fully saturated rings. The zero-order chi connectivity index (χ0) is 18.4. The van der Waals surface area contributed by atoms with Gasteiger partial charge in [-0.05, 0) is 37.0 Å². The highest BCUT2D eigenvalue weighted by molar-refractivity contribution is 6.30. The van der Waals surface area contributed by atoms with Gasteiger partial charge in [0.1, 0.15) is 17.3 Å². The van der Waals surface area contributed by atoms with E-state index in [9.17, 15) is 5.26 Å². The molecule has 4 heteroatoms. The van der Waals surface area contributed by atoms with E-state index in [0.29, 0.717) is 16.4 Å². The number of nitrogens with zero attached hydrogens (tertiary/aromatic N) is 1. The molecule has 1 aromatic heterocycles. The molecule has 2 aromatic rings. The monoisotopic (exact) mass is 368 g/mol. The Morgan fingerprint density at radius 3 is 2.08 bits per heavy atom. The maximum atomic E-state index is 9.75. The highest BCUT2D eigenvalue weighted by Crippen LogP contribution is 2.33. The largest absolute Gasteiger partial charge is 0.289 e. The van der Waals surface area contributed by atoms with Gasteiger partial charge in [0.25, 0.3) is 5.82 Å². The van der Waals surface area contributed by atoms with Crippen molar-refractivity contribution in [3.63, 3.8) is 0 Å². The van der Waals surface area contributed by atoms with Crippen molar-refractivity contribution in [3.05, 3.63) is 46.1 Å². The van der Waals surface area contributed by atoms with Crippen molar-refractivity contribution in [3.8, 4) is 17.2 Å². The van der Waals surface area contributed by atoms with E-state index in [1.807, 2.05) is 24.3 Å². The lowest BCUT2D eigenvalue weighted by Gasteiger charge is -2.16. The molecule has 0 aliphatic heterocycles. The predicted molar refractivity (Wildman–Crippen MR) is 107 cm³/mol. The molecule has 136 valence electrons. The summed E-state index contributed by atoms with van der Waals surface area (Å²) in [4.78, 5) is 3.35. The molecule has 26 heavy (non-hydrogen) atoms. The number of nitrogens with two attached hydrogens (primary N) is 1. The minimum absolute atomic E-state index is 0.475. The summed E-state index contributed by atoms with van der Waals surface area (Å²) in [6.07, 6.45) is 12.1. The van der Waals surface area contributed by atoms with Crippen molar-refractivity contribution in [1.82, 2.24) is 0 Å². The summed E-state index contributed by atoms with van der Waals surface area (Å²) in [6.45, 7) is 0. The third kappa shape index (κ3) is 4.37. The zero-order valence-corrected chi connectivity index (χ0v) is 16.0. The second-order valence-corrected chi connectivity index (χ2v) is 7.63. The van der Waals surface area contributed by atoms with E-state index in [1.165, 1.54) is 49.8 Å². The van der Waals surface area contributed by atoms with Gasteiger partial charge in [0.15, 0.2) is 0 Å². The van der Waals surface area contributed by atoms with Gasteiger partial charge in [-0.15, -0.1) is 0 Å². The molecule has 0 bridgehead atoms. The first-order valence-corrected chi connectivity index (χ1v) is 10.1. The van der Waals surface area contributed by atoms with Crippen molar-refractivity contribution in [2.75, 3.05) is 5.73 Å². The second kappa shape index (κ2) is 9.05. The van der Waals surface area contributed by atoms with Crippen LogP contribution in [0.4, 0.5) is 5.82 Å². The SMILES string of the molecule is N#Cc1c(N)[nH+]c2c(c1-c1ccc(Cl)cc1)CCCCCCCCCC2. The zero-order valence-electron chi connectivity index (χ0n) is 15.3. The highest BCUT2D eigenvalue weighted by Gasteiger charge is 2.22. The third-order valence-corrected chi connectivity index (χ3v) is 5.57. The molecule has 0 unspecified atom stereocenters. The Hall–Kier alpha value is -2.05. The molecule has 1 aliphatic carbocycles. The lowest BCUT2D eigenvalue weighted by Crippen LogP contribution is -2.22. The maximum absolute atomic E-state index is 9.75. The van der Waals surface area contributed by atoms with Gasteiger partial charge < -0.3 is 0 Å². The predicted octanol–water partition coefficient (Wildman–Crippen LogP) is 5.49. The summed E-state index contributed by atoms with van der Waals surface area (Å²) < 4.78 is 0. The number of nitriles is 1. The smallest absolute Gasteiger partial charge is 0.286 e. The molecular weight excluding hydrogens is 342 g/mol. The van der Waals surface area contributed by atoms with Crippen molar-refractivity contribution in [2.45, 2.75) is 64.2 Å². The first-order chi connectivity index (χ1) is 12.7. The molecule has 3 N–H and O–H groups in total. The van der Waals surface area contributed by atoms with Crippen LogP contribution in [0.3, 0.4) is 0 Å². The Morgan fingerprint density at radius 1 is 0.885 bits per heavy atom. The lowest BCUT2D eigenvalue weighted by molar-refractivity contribution is -0.374. The number of aromatic nitrogens is 1. The first kappa shape index (κ1) is 18.7. The van der Waals surface area contributed by atoms with Gasteiger partial charge in [0.05, 0.1) is 0 Å². The Kier molecular flexibility index (Phi) is 6.52. The van der Waals surface area contributed by atoms with Crippen molar-refractivity contribution >= 4 is 17.4 Å². The minimum Gasteiger partial charge on any atom is -0.286 e. The van der Waals surface area contributed by atoms with Crippen molar-refractivity contribution in [2.24, 2.45) is 0 Å². The maximum Gasteiger partial charge on any atom is 0.289 e. The topological polar surface area (TPSA) is 64.0 Å². The van der Waals surface area contributed by atoms with Crippen molar-refractivity contribution < 1.29 is 4.98 Å². The summed E-state index contributed by atoms with van der Waals surface area (Å²) in [5.74, 6) is 0.475. The molecular formula is C22H27ClN3+. The number of anilines is 1. The van der Waals surface area contributed by atoms with Gasteiger partial charge in [-0.3, -0.25) is 5.73 Å². The van der Waals surface area contributed by atoms with Gasteiger partial charge in [-0.25, -0.2) is 4.98 Å². The number of nitrogen functional groups attached to an aromatic ring is 1. The number of rotatable bonds is 1. The van der Waals surface area contributed by atoms with E-state index in [0.717, 1.165) is 36.8 Å². The number of H-pyrrole nitrogens is 1. The van der Waals surface area contributed by atoms with Gasteiger partial charge >= 0.3 is 0 Å². The fraction of sp³-hybridized carbons (Fsp3) is 0.455. The molecule has 3 nitrogen and oxygen atoms in total. The third-order valence-electron chi connectivity index (χ3n) is 5.32. The molecule has 0 amide bonds. The highest BCUT2D eigenvalue weighted by atomic mass is 35.5. The number of aryl methyl sites for hydroxylation is 1. The van der Waals surface area contributed by atoms with E-state index in [2.05, 4.69) is 11.1 Å². The normalized spacial score (nSPS) is 16.0. The van der Waals surface area contributed by atoms with Crippen LogP contribution in [0, 0.1) is 11.3 Å². The number of benzene rings is 1. The van der Waals surface area contributed by atoms with Gasteiger partial charge in [0.2, 0.25) is 0 Å². The number of fused-ring (bicyclic) bond motifs is 1. The second-order valence-electron chi connectivity index (χ2n) is 7.19. The average Bonchev–Trinajstić information content (AvgIpc) is 2.63. The van der Waals surface area contributed by atoms with Crippen LogP contribution < -0.4 is 10.7 Å². The Bertz CT molecular complexity index is 791. The summed E-state index contributed by atoms with van der Waals surface area (Å²) >= 11 is 6.07. The number of hydrogen-bond acceptors (Lipinski definition) is 2. The van der Waals surface area contributed by atoms with Crippen LogP contribution in [0.15, 0.2) is 24.3 Å². The molecule has 1 heterocycles. The van der Waals surface area contributed by atoms with Crippen LogP contribution in [0.2, 0.25) is 5.02 Å². The van der Waals surface area contributed by atoms with Crippen LogP contribution in [0.5, 0.6) is 0 Å². The van der Waals surface area contributed by atoms with Crippen LogP contribution in [-0.2, 0) is 12.8 Å². The lowest BCUT2D eigenvalue weighted by atomic mass is 9.89. The molecule has 0 saturated carbocycles. The molecule has 0 atom stereocenters. The Labute approximate surface area is 161 Å². The van der Waals surface area contributed by atoms with Crippen LogP contribution >= 0.6 is 11.6 Å². The van der Waals surface area contributed by atoms with E-state index in [4.69, 9.17) is 17.3 Å². The Balaban J connectivity index is 2.10. The van der Waals surface area contributed by atoms with Crippen LogP contribution in [0.1, 0.15) is 68.2 Å². The van der Waals surface area contributed by atoms with Gasteiger partial charge in [-0.1, -0.05) is 62.3 Å². The quantitative estimate of drug-likeness (QED) is 0.722. The van der Waals surface area contributed by atoms with Gasteiger partial charge in [-0.2, -0.15) is 5.26 Å². The Morgan fingerprint density at radius 2 is 1.46 bits per heavy atom. The number of nitrogens with one attached hydrogen (secondary N) is 1. The number of hydrogen-bond donors (Lipinski definition) is 1. The summed E-state index contributed by atoms with van der Waals surface area (Å²) in [5, 5.41) is 10.4. The fourth-order valence-corrected chi connectivity index (χ4v) is 4.07. The van der Waals surface area contributed by atoms with Crippen LogP contribution in [-0.4, -0.2) is 0 Å². The molecule has 0 saturated heterocycles. The molecule has 3 rings (SSSR count). The van der Waals surface area contributed by atoms with E-state index >= 15 is 0 Å². The summed E-state index contributed by atoms with van der Waals surface area (Å²) in [6, 6.07) is 10.1. The minimum atomic E-state index is 0.475. The average molecular weight is 369 g/mol. The van der Waals surface area contributed by atoms with E-state index in [1.54, 1.807) is 0 Å². The molecule has 0 spiro atoms. The molecule has 1 aliphatic rings. The van der Waals surface area contributed by atoms with Crippen molar-refractivity contribution in [1.29, 1.82) is 5.26 Å². The number of aromatic amines is 1. The molecule has 1 aromatic carbocycles. The number of pyridine rings is 1. The van der Waals surface area contributed by atoms with E-state index < -0.39 is 0 Å². The van der Waals surface area contributed by atoms with E-state index in [-0.39, 0.29) is 0 Å². The number of halogens is 1. The molecule has 0 radical (unpaired) electrons. The fourth-order valence-electron chi connectivity index (χ4n) is 3.94. The summed E-state index contributed by atoms with van der Waals surface area (Å²) in [5.41, 5.74) is 11.3. The first-order valence-electron chi connectivity index (χ1n) is 9.73. The standard InChI is InChI=1S/C22H26ClN3/c23-17-13-11-16(12-14-17)21-18-9-7-5-3-1-2-4-6-8-10-20(18)26-22(25)19(21)15-24/h11-14H,1-10H2,(H2,25,26)/p+1. The summed E-state index contributed by atoms with van der Waals surface area (Å²) in [7, 11) is 0. The van der Waals surface area contributed by atoms with Crippen LogP contribution in [0.25, 0.3) is 11.1 Å².